The van der Waals surface area contributed by atoms with Gasteiger partial charge in [0.25, 0.3) is 0 Å². The minimum absolute atomic E-state index is 0.158. The number of unbranched alkanes of at least 4 members (excludes halogenated alkanes) is 5. The van der Waals surface area contributed by atoms with Crippen molar-refractivity contribution in [3.63, 3.8) is 0 Å². The molecule has 1 atom stereocenters. The van der Waals surface area contributed by atoms with Crippen LogP contribution in [0.15, 0.2) is 0 Å². The van der Waals surface area contributed by atoms with Crippen LogP contribution in [0, 0.1) is 5.41 Å². The molecule has 0 heterocycles. The molecule has 0 saturated carbocycles. The van der Waals surface area contributed by atoms with Crippen molar-refractivity contribution in [1.29, 1.82) is 0 Å². The average molecular weight is 487 g/mol. The second-order valence-corrected chi connectivity index (χ2v) is 11.6. The Kier molecular flexibility index (Phi) is 12.8. The van der Waals surface area contributed by atoms with Crippen LogP contribution in [0.1, 0.15) is 79.1 Å². The Bertz CT molecular complexity index is 528. The van der Waals surface area contributed by atoms with E-state index >= 15 is 0 Å². The highest BCUT2D eigenvalue weighted by molar-refractivity contribution is 9.10. The van der Waals surface area contributed by atoms with Crippen molar-refractivity contribution in [2.45, 2.75) is 83.4 Å². The third-order valence-electron chi connectivity index (χ3n) is 4.31. The maximum absolute atomic E-state index is 12.4. The molecule has 28 heavy (non-hydrogen) atoms. The molecule has 0 aliphatic rings. The largest absolute Gasteiger partial charge is 0.465 e. The van der Waals surface area contributed by atoms with E-state index in [2.05, 4.69) is 22.9 Å². The van der Waals surface area contributed by atoms with Crippen LogP contribution in [0.4, 0.5) is 0 Å². The molecule has 0 aliphatic carbocycles. The van der Waals surface area contributed by atoms with Crippen LogP contribution in [-0.4, -0.2) is 45.4 Å². The molecule has 0 aromatic carbocycles. The van der Waals surface area contributed by atoms with Gasteiger partial charge in [-0.3, -0.25) is 14.2 Å². The van der Waals surface area contributed by atoms with Crippen LogP contribution in [0.3, 0.4) is 0 Å². The first kappa shape index (κ1) is 27.6. The lowest BCUT2D eigenvalue weighted by Gasteiger charge is -2.30. The maximum atomic E-state index is 12.4. The van der Waals surface area contributed by atoms with Gasteiger partial charge in [0, 0.05) is 6.16 Å². The van der Waals surface area contributed by atoms with Crippen molar-refractivity contribution in [2.24, 2.45) is 5.41 Å². The number of carbonyl (C=O) groups excluding carboxylic acids is 2. The van der Waals surface area contributed by atoms with E-state index in [1.54, 1.807) is 20.8 Å². The third-order valence-corrected chi connectivity index (χ3v) is 5.81. The quantitative estimate of drug-likeness (QED) is 0.151. The summed E-state index contributed by atoms with van der Waals surface area (Å²) in [6.07, 6.45) is 5.64. The summed E-state index contributed by atoms with van der Waals surface area (Å²) in [5.74, 6) is -0.800. The first-order valence-corrected chi connectivity index (χ1v) is 12.5. The summed E-state index contributed by atoms with van der Waals surface area (Å²) < 4.78 is 20.4. The smallest absolute Gasteiger partial charge is 0.325 e. The van der Waals surface area contributed by atoms with E-state index in [4.69, 9.17) is 19.3 Å². The lowest BCUT2D eigenvalue weighted by molar-refractivity contribution is -0.156. The minimum Gasteiger partial charge on any atom is -0.465 e. The molecule has 0 aromatic rings. The molecule has 7 nitrogen and oxygen atoms in total. The predicted octanol–water partition coefficient (Wildman–Crippen LogP) is 4.57. The number of esters is 2. The van der Waals surface area contributed by atoms with Crippen LogP contribution in [0.2, 0.25) is 0 Å². The zero-order valence-corrected chi connectivity index (χ0v) is 20.0. The van der Waals surface area contributed by atoms with E-state index in [0.29, 0.717) is 25.9 Å². The fraction of sp³-hybridized carbons (Fsp3) is 0.895. The highest BCUT2D eigenvalue weighted by Crippen LogP contribution is 2.36. The van der Waals surface area contributed by atoms with Crippen molar-refractivity contribution in [3.05, 3.63) is 0 Å². The van der Waals surface area contributed by atoms with E-state index < -0.39 is 23.3 Å². The Labute approximate surface area is 177 Å². The van der Waals surface area contributed by atoms with Gasteiger partial charge in [0.1, 0.15) is 4.32 Å². The van der Waals surface area contributed by atoms with Gasteiger partial charge in [0.05, 0.1) is 18.6 Å². The Balaban J connectivity index is 4.29. The number of ether oxygens (including phenoxy) is 2. The Morgan fingerprint density at radius 2 is 1.39 bits per heavy atom. The molecule has 0 bridgehead atoms. The van der Waals surface area contributed by atoms with E-state index in [0.717, 1.165) is 25.7 Å². The summed E-state index contributed by atoms with van der Waals surface area (Å²) in [6.45, 7) is 7.81. The second kappa shape index (κ2) is 13.0. The van der Waals surface area contributed by atoms with Crippen LogP contribution < -0.4 is 0 Å². The number of hydrogen-bond donors (Lipinski definition) is 2. The molecule has 9 heteroatoms. The van der Waals surface area contributed by atoms with Crippen molar-refractivity contribution < 1.29 is 33.4 Å². The van der Waals surface area contributed by atoms with E-state index in [1.807, 2.05) is 0 Å². The summed E-state index contributed by atoms with van der Waals surface area (Å²) in [6, 6.07) is 0. The van der Waals surface area contributed by atoms with Gasteiger partial charge >= 0.3 is 19.5 Å². The van der Waals surface area contributed by atoms with Gasteiger partial charge in [-0.15, -0.1) is 0 Å². The number of rotatable bonds is 15. The van der Waals surface area contributed by atoms with Gasteiger partial charge in [-0.2, -0.15) is 0 Å². The second-order valence-electron chi connectivity index (χ2n) is 8.04. The number of halogens is 1. The third kappa shape index (κ3) is 12.9. The molecule has 166 valence electrons. The lowest BCUT2D eigenvalue weighted by atomic mass is 9.83. The monoisotopic (exact) mass is 486 g/mol. The first-order valence-electron chi connectivity index (χ1n) is 9.90. The van der Waals surface area contributed by atoms with Gasteiger partial charge in [-0.05, 0) is 52.9 Å². The van der Waals surface area contributed by atoms with Gasteiger partial charge < -0.3 is 19.3 Å². The van der Waals surface area contributed by atoms with Gasteiger partial charge in [-0.25, -0.2) is 0 Å². The fourth-order valence-electron chi connectivity index (χ4n) is 2.78. The molecule has 2 N–H and O–H groups in total. The lowest BCUT2D eigenvalue weighted by Crippen LogP contribution is -2.39. The Morgan fingerprint density at radius 3 is 1.89 bits per heavy atom. The fourth-order valence-corrected chi connectivity index (χ4v) is 4.23. The first-order chi connectivity index (χ1) is 12.8. The molecule has 0 aliphatic heterocycles. The van der Waals surface area contributed by atoms with Gasteiger partial charge in [0.2, 0.25) is 0 Å². The van der Waals surface area contributed by atoms with Gasteiger partial charge in [-0.1, -0.05) is 42.1 Å². The summed E-state index contributed by atoms with van der Waals surface area (Å²) >= 11 is 3.40. The minimum atomic E-state index is -3.96. The highest BCUT2D eigenvalue weighted by atomic mass is 79.9. The number of alkyl halides is 1. The number of carbonyl (C=O) groups is 2. The standard InChI is InChI=1S/C19H36BrO7P/c1-5-6-7-9-13-27-17(22)19(4,20)15-18(2,3)16(21)26-12-10-8-11-14-28(23,24)25/h5-15H2,1-4H3,(H2,23,24,25). The van der Waals surface area contributed by atoms with Crippen molar-refractivity contribution in [1.82, 2.24) is 0 Å². The van der Waals surface area contributed by atoms with E-state index in [1.165, 1.54) is 0 Å². The molecule has 0 rings (SSSR count). The zero-order chi connectivity index (χ0) is 21.8. The molecule has 0 fully saturated rings. The SMILES string of the molecule is CCCCCCOC(=O)C(C)(Br)CC(C)(C)C(=O)OCCCCCP(=O)(O)O. The summed E-state index contributed by atoms with van der Waals surface area (Å²) in [7, 11) is -3.96. The zero-order valence-electron chi connectivity index (χ0n) is 17.5. The highest BCUT2D eigenvalue weighted by Gasteiger charge is 2.42. The molecule has 0 radical (unpaired) electrons. The molecule has 1 unspecified atom stereocenters. The van der Waals surface area contributed by atoms with Crippen LogP contribution in [-0.2, 0) is 23.6 Å². The van der Waals surface area contributed by atoms with E-state index in [9.17, 15) is 14.2 Å². The van der Waals surface area contributed by atoms with Crippen molar-refractivity contribution in [2.75, 3.05) is 19.4 Å². The molecular weight excluding hydrogens is 451 g/mol. The summed E-state index contributed by atoms with van der Waals surface area (Å²) in [4.78, 5) is 42.3. The molecule has 0 saturated heterocycles. The molecule has 0 amide bonds. The summed E-state index contributed by atoms with van der Waals surface area (Å²) in [5.41, 5.74) is -0.884. The Morgan fingerprint density at radius 1 is 0.893 bits per heavy atom. The van der Waals surface area contributed by atoms with Crippen molar-refractivity contribution in [3.8, 4) is 0 Å². The average Bonchev–Trinajstić information content (AvgIpc) is 2.55. The van der Waals surface area contributed by atoms with Crippen molar-refractivity contribution >= 4 is 35.5 Å². The molecule has 0 spiro atoms. The Hall–Kier alpha value is -0.430. The van der Waals surface area contributed by atoms with Crippen LogP contribution >= 0.6 is 23.5 Å². The number of hydrogen-bond acceptors (Lipinski definition) is 5. The predicted molar refractivity (Wildman–Crippen MR) is 113 cm³/mol. The topological polar surface area (TPSA) is 110 Å². The van der Waals surface area contributed by atoms with Crippen LogP contribution in [0.5, 0.6) is 0 Å². The molecule has 0 aromatic heterocycles. The van der Waals surface area contributed by atoms with Gasteiger partial charge in [0.15, 0.2) is 0 Å². The summed E-state index contributed by atoms with van der Waals surface area (Å²) in [5, 5.41) is 0. The van der Waals surface area contributed by atoms with Crippen LogP contribution in [0.25, 0.3) is 0 Å². The van der Waals surface area contributed by atoms with E-state index in [-0.39, 0.29) is 25.2 Å². The maximum Gasteiger partial charge on any atom is 0.325 e. The normalized spacial score (nSPS) is 14.4. The molecular formula is C19H36BrO7P.